The lowest BCUT2D eigenvalue weighted by molar-refractivity contribution is -0.181. The molecule has 0 saturated heterocycles. The normalized spacial score (nSPS) is 34.6. The first-order chi connectivity index (χ1) is 20.8. The largest absolute Gasteiger partial charge is 0.467 e. The molecule has 0 unspecified atom stereocenters. The Morgan fingerprint density at radius 1 is 1.20 bits per heavy atom. The van der Waals surface area contributed by atoms with Gasteiger partial charge >= 0.3 is 11.9 Å². The van der Waals surface area contributed by atoms with Crippen molar-refractivity contribution < 1.29 is 43.7 Å². The van der Waals surface area contributed by atoms with Gasteiger partial charge in [0.1, 0.15) is 11.6 Å². The summed E-state index contributed by atoms with van der Waals surface area (Å²) in [6, 6.07) is -0.979. The fourth-order valence-corrected chi connectivity index (χ4v) is 8.56. The van der Waals surface area contributed by atoms with Crippen molar-refractivity contribution in [3.8, 4) is 0 Å². The summed E-state index contributed by atoms with van der Waals surface area (Å²) in [4.78, 5) is 69.3. The van der Waals surface area contributed by atoms with Crippen LogP contribution in [0.4, 0.5) is 0 Å². The summed E-state index contributed by atoms with van der Waals surface area (Å²) in [5.41, 5.74) is -1.52. The van der Waals surface area contributed by atoms with Crippen LogP contribution < -0.4 is 5.32 Å². The van der Waals surface area contributed by atoms with E-state index in [2.05, 4.69) is 22.2 Å². The standard InChI is InChI=1S/C32H41N3O9/c1-30-10-8-20(36)12-18(30)4-5-21-22-9-11-32(42,31(22,2)14-24(37)28(21)30)25(38)16-44-27(40)7-6-26(39)35-23(29(41)43-3)13-19-15-33-17-34-19/h8,10,12,15,17,21-24,28,37,42H,4-7,9,11,13-14,16H2,1-3H3,(H,33,34)(H,35,39)/t21-,22-,23-,24-,28+,30-,31-,32-/m0/s1. The monoisotopic (exact) mass is 611 g/mol. The molecule has 238 valence electrons. The van der Waals surface area contributed by atoms with Crippen LogP contribution in [0.25, 0.3) is 0 Å². The van der Waals surface area contributed by atoms with Crippen LogP contribution in [0.15, 0.2) is 36.3 Å². The number of aliphatic hydroxyl groups excluding tert-OH is 1. The van der Waals surface area contributed by atoms with E-state index in [0.717, 1.165) is 12.0 Å². The molecule has 0 spiro atoms. The number of ketones is 2. The number of nitrogens with zero attached hydrogens (tertiary/aromatic N) is 1. The zero-order valence-corrected chi connectivity index (χ0v) is 25.3. The summed E-state index contributed by atoms with van der Waals surface area (Å²) in [6.07, 6.45) is 9.31. The van der Waals surface area contributed by atoms with Gasteiger partial charge in [0.05, 0.1) is 26.0 Å². The second-order valence-corrected chi connectivity index (χ2v) is 13.1. The maximum atomic E-state index is 13.5. The number of ether oxygens (including phenoxy) is 2. The smallest absolute Gasteiger partial charge is 0.328 e. The molecule has 3 saturated carbocycles. The number of imidazole rings is 1. The molecule has 4 aliphatic carbocycles. The van der Waals surface area contributed by atoms with Gasteiger partial charge in [-0.1, -0.05) is 25.5 Å². The minimum Gasteiger partial charge on any atom is -0.467 e. The van der Waals surface area contributed by atoms with Crippen molar-refractivity contribution in [3.63, 3.8) is 0 Å². The van der Waals surface area contributed by atoms with E-state index < -0.39 is 58.8 Å². The minimum absolute atomic E-state index is 0.0295. The Hall–Kier alpha value is -3.64. The van der Waals surface area contributed by atoms with Gasteiger partial charge in [-0.05, 0) is 56.1 Å². The van der Waals surface area contributed by atoms with E-state index in [-0.39, 0.29) is 55.6 Å². The fourth-order valence-electron chi connectivity index (χ4n) is 8.56. The van der Waals surface area contributed by atoms with Crippen molar-refractivity contribution in [2.24, 2.45) is 28.6 Å². The average Bonchev–Trinajstić information content (AvgIpc) is 3.60. The van der Waals surface area contributed by atoms with Crippen molar-refractivity contribution in [2.45, 2.75) is 83.0 Å². The highest BCUT2D eigenvalue weighted by Gasteiger charge is 2.68. The Morgan fingerprint density at radius 3 is 2.68 bits per heavy atom. The molecule has 0 radical (unpaired) electrons. The van der Waals surface area contributed by atoms with Crippen LogP contribution in [0.1, 0.15) is 64.5 Å². The van der Waals surface area contributed by atoms with Crippen molar-refractivity contribution in [2.75, 3.05) is 13.7 Å². The number of aromatic amines is 1. The Labute approximate surface area is 255 Å². The highest BCUT2D eigenvalue weighted by molar-refractivity contribution is 6.01. The second-order valence-electron chi connectivity index (χ2n) is 13.1. The summed E-state index contributed by atoms with van der Waals surface area (Å²) in [5, 5.41) is 25.9. The van der Waals surface area contributed by atoms with Gasteiger partial charge in [0.15, 0.2) is 12.4 Å². The molecule has 44 heavy (non-hydrogen) atoms. The lowest BCUT2D eigenvalue weighted by atomic mass is 9.46. The van der Waals surface area contributed by atoms with E-state index in [9.17, 15) is 34.2 Å². The number of allylic oxidation sites excluding steroid dienone is 4. The summed E-state index contributed by atoms with van der Waals surface area (Å²) in [6.45, 7) is 3.26. The Morgan fingerprint density at radius 2 is 1.98 bits per heavy atom. The number of nitrogens with one attached hydrogen (secondary N) is 2. The molecule has 3 fully saturated rings. The van der Waals surface area contributed by atoms with E-state index in [1.54, 1.807) is 12.2 Å². The second kappa shape index (κ2) is 12.0. The molecule has 1 aromatic heterocycles. The topological polar surface area (TPSA) is 185 Å². The van der Waals surface area contributed by atoms with E-state index in [1.165, 1.54) is 19.6 Å². The van der Waals surface area contributed by atoms with Gasteiger partial charge in [0.2, 0.25) is 11.7 Å². The molecular weight excluding hydrogens is 570 g/mol. The van der Waals surface area contributed by atoms with Gasteiger partial charge in [-0.15, -0.1) is 0 Å². The van der Waals surface area contributed by atoms with Crippen LogP contribution in [-0.2, 0) is 39.9 Å². The number of amides is 1. The number of fused-ring (bicyclic) bond motifs is 5. The van der Waals surface area contributed by atoms with E-state index in [4.69, 9.17) is 9.47 Å². The maximum absolute atomic E-state index is 13.5. The number of Topliss-reactive ketones (excluding diaryl/α,β-unsaturated/α-hetero) is 1. The number of aliphatic hydroxyl groups is 2. The zero-order valence-electron chi connectivity index (χ0n) is 25.3. The lowest BCUT2D eigenvalue weighted by Crippen LogP contribution is -2.61. The highest BCUT2D eigenvalue weighted by Crippen LogP contribution is 2.67. The number of H-pyrrole nitrogens is 1. The van der Waals surface area contributed by atoms with Gasteiger partial charge in [-0.3, -0.25) is 19.2 Å². The number of hydrogen-bond acceptors (Lipinski definition) is 10. The van der Waals surface area contributed by atoms with Gasteiger partial charge < -0.3 is 30.0 Å². The first-order valence-corrected chi connectivity index (χ1v) is 15.2. The fraction of sp³-hybridized carbons (Fsp3) is 0.625. The zero-order chi connectivity index (χ0) is 31.9. The molecule has 0 aromatic carbocycles. The number of carbonyl (C=O) groups is 5. The van der Waals surface area contributed by atoms with Crippen molar-refractivity contribution in [1.82, 2.24) is 15.3 Å². The van der Waals surface area contributed by atoms with Crippen LogP contribution in [0.5, 0.6) is 0 Å². The van der Waals surface area contributed by atoms with Crippen molar-refractivity contribution in [3.05, 3.63) is 42.0 Å². The number of methoxy groups -OCH3 is 1. The maximum Gasteiger partial charge on any atom is 0.328 e. The minimum atomic E-state index is -1.78. The van der Waals surface area contributed by atoms with Crippen LogP contribution in [-0.4, -0.2) is 81.1 Å². The van der Waals surface area contributed by atoms with Crippen molar-refractivity contribution in [1.29, 1.82) is 0 Å². The molecule has 5 rings (SSSR count). The molecular formula is C32H41N3O9. The molecule has 1 amide bonds. The number of carbonyl (C=O) groups excluding carboxylic acids is 5. The first-order valence-electron chi connectivity index (χ1n) is 15.2. The van der Waals surface area contributed by atoms with E-state index in [1.807, 2.05) is 13.0 Å². The predicted octanol–water partition coefficient (Wildman–Crippen LogP) is 1.51. The predicted molar refractivity (Wildman–Crippen MR) is 154 cm³/mol. The molecule has 4 aliphatic rings. The van der Waals surface area contributed by atoms with Crippen LogP contribution in [0.2, 0.25) is 0 Å². The third-order valence-electron chi connectivity index (χ3n) is 10.8. The Bertz CT molecular complexity index is 1390. The molecule has 1 aromatic rings. The molecule has 0 bridgehead atoms. The Kier molecular flexibility index (Phi) is 8.69. The van der Waals surface area contributed by atoms with E-state index >= 15 is 0 Å². The highest BCUT2D eigenvalue weighted by atomic mass is 16.5. The third kappa shape index (κ3) is 5.53. The van der Waals surface area contributed by atoms with Crippen molar-refractivity contribution >= 4 is 29.4 Å². The average molecular weight is 612 g/mol. The summed E-state index contributed by atoms with van der Waals surface area (Å²) >= 11 is 0. The Balaban J connectivity index is 1.17. The number of hydrogen-bond donors (Lipinski definition) is 4. The molecule has 12 nitrogen and oxygen atoms in total. The summed E-state index contributed by atoms with van der Waals surface area (Å²) < 4.78 is 9.95. The number of rotatable bonds is 10. The third-order valence-corrected chi connectivity index (χ3v) is 10.8. The molecule has 8 atom stereocenters. The molecule has 4 N–H and O–H groups in total. The van der Waals surface area contributed by atoms with Crippen LogP contribution in [0, 0.1) is 28.6 Å². The first kappa shape index (κ1) is 31.8. The summed E-state index contributed by atoms with van der Waals surface area (Å²) in [5.74, 6) is -2.80. The number of esters is 2. The molecule has 1 heterocycles. The lowest BCUT2D eigenvalue weighted by Gasteiger charge is -2.59. The van der Waals surface area contributed by atoms with Crippen LogP contribution >= 0.6 is 0 Å². The van der Waals surface area contributed by atoms with Gasteiger partial charge in [0.25, 0.3) is 0 Å². The number of aromatic nitrogens is 2. The van der Waals surface area contributed by atoms with Gasteiger partial charge in [-0.2, -0.15) is 0 Å². The SMILES string of the molecule is COC(=O)[C@H](Cc1cnc[nH]1)NC(=O)CCC(=O)OCC(=O)[C@@]1(O)CC[C@H]2[C@@H]3CCC4=CC(=O)C=C[C@]4(C)[C@H]3[C@@H](O)C[C@@]21C. The van der Waals surface area contributed by atoms with E-state index in [0.29, 0.717) is 18.5 Å². The van der Waals surface area contributed by atoms with Crippen LogP contribution in [0.3, 0.4) is 0 Å². The molecule has 0 aliphatic heterocycles. The molecule has 12 heteroatoms. The van der Waals surface area contributed by atoms with Gasteiger partial charge in [-0.25, -0.2) is 9.78 Å². The summed E-state index contributed by atoms with van der Waals surface area (Å²) in [7, 11) is 1.20. The van der Waals surface area contributed by atoms with Gasteiger partial charge in [0, 0.05) is 41.5 Å². The quantitative estimate of drug-likeness (QED) is 0.283.